The quantitative estimate of drug-likeness (QED) is 0.162. The average Bonchev–Trinajstić information content (AvgIpc) is 3.79. The molecule has 0 spiro atoms. The molecule has 1 unspecified atom stereocenters. The van der Waals surface area contributed by atoms with Crippen molar-refractivity contribution in [1.82, 2.24) is 24.9 Å². The van der Waals surface area contributed by atoms with E-state index < -0.39 is 0 Å². The first kappa shape index (κ1) is 36.4. The molecule has 0 radical (unpaired) electrons. The molecule has 6 rings (SSSR count). The van der Waals surface area contributed by atoms with Crippen LogP contribution in [0.4, 0.5) is 0 Å². The molecule has 3 aromatic carbocycles. The highest BCUT2D eigenvalue weighted by molar-refractivity contribution is 7.80. The van der Waals surface area contributed by atoms with Gasteiger partial charge in [0.1, 0.15) is 11.5 Å². The second kappa shape index (κ2) is 17.2. The summed E-state index contributed by atoms with van der Waals surface area (Å²) in [6.07, 6.45) is 6.36. The number of hydrogen-bond donors (Lipinski definition) is 2. The van der Waals surface area contributed by atoms with Gasteiger partial charge in [0.05, 0.1) is 18.7 Å². The standard InChI is InChI=1S/C41H55N5O2S2/c1-4-48-39-18-14-31(15-19-39)20-22-44-37(25-32-9-6-5-7-10-32)29-46(41(44)50)36(23-30(2)3)27-43-21-8-11-34(43)28-45-35(26-42-40(45)49)24-33-12-16-38(47)17-13-33/h5-7,9-10,12-19,30,34-37,47H,4,8,11,20-29H2,1-3H3,(H,42,49)/t34?,35-,36-,37-/m0/s1. The van der Waals surface area contributed by atoms with Crippen LogP contribution in [0.25, 0.3) is 0 Å². The minimum absolute atomic E-state index is 0.308. The van der Waals surface area contributed by atoms with Gasteiger partial charge < -0.3 is 29.9 Å². The van der Waals surface area contributed by atoms with Crippen LogP contribution in [0.1, 0.15) is 56.7 Å². The van der Waals surface area contributed by atoms with Crippen molar-refractivity contribution in [3.05, 3.63) is 95.6 Å². The fourth-order valence-electron chi connectivity index (χ4n) is 8.12. The van der Waals surface area contributed by atoms with Crippen LogP contribution in [0.2, 0.25) is 0 Å². The Bertz CT molecular complexity index is 1540. The van der Waals surface area contributed by atoms with Crippen LogP contribution in [-0.2, 0) is 19.3 Å². The molecule has 0 saturated carbocycles. The fraction of sp³-hybridized carbons (Fsp3) is 0.512. The van der Waals surface area contributed by atoms with Crippen LogP contribution in [-0.4, -0.2) is 105 Å². The molecule has 7 nitrogen and oxygen atoms in total. The molecule has 3 aliphatic rings. The van der Waals surface area contributed by atoms with Crippen molar-refractivity contribution in [3.63, 3.8) is 0 Å². The molecule has 0 bridgehead atoms. The van der Waals surface area contributed by atoms with Gasteiger partial charge in [-0.15, -0.1) is 0 Å². The maximum Gasteiger partial charge on any atom is 0.172 e. The van der Waals surface area contributed by atoms with Gasteiger partial charge in [0, 0.05) is 44.8 Å². The third-order valence-electron chi connectivity index (χ3n) is 10.7. The molecule has 3 aliphatic heterocycles. The Balaban J connectivity index is 1.15. The molecule has 50 heavy (non-hydrogen) atoms. The molecule has 0 aromatic heterocycles. The van der Waals surface area contributed by atoms with Crippen molar-refractivity contribution < 1.29 is 9.84 Å². The molecule has 3 aromatic rings. The van der Waals surface area contributed by atoms with E-state index in [1.165, 1.54) is 29.5 Å². The molecule has 3 saturated heterocycles. The van der Waals surface area contributed by atoms with Crippen molar-refractivity contribution in [2.45, 2.75) is 83.5 Å². The highest BCUT2D eigenvalue weighted by Crippen LogP contribution is 2.29. The van der Waals surface area contributed by atoms with E-state index in [-0.39, 0.29) is 0 Å². The van der Waals surface area contributed by atoms with Gasteiger partial charge in [-0.1, -0.05) is 68.4 Å². The number of nitrogens with one attached hydrogen (secondary N) is 1. The fourth-order valence-corrected chi connectivity index (χ4v) is 8.89. The first-order chi connectivity index (χ1) is 24.3. The number of rotatable bonds is 16. The van der Waals surface area contributed by atoms with Crippen LogP contribution in [0.15, 0.2) is 78.9 Å². The number of aromatic hydroxyl groups is 1. The second-order valence-electron chi connectivity index (χ2n) is 14.7. The monoisotopic (exact) mass is 713 g/mol. The second-order valence-corrected chi connectivity index (χ2v) is 15.5. The number of phenolic OH excluding ortho intramolecular Hbond substituents is 1. The summed E-state index contributed by atoms with van der Waals surface area (Å²) in [5.74, 6) is 1.80. The van der Waals surface area contributed by atoms with E-state index in [2.05, 4.69) is 93.4 Å². The Morgan fingerprint density at radius 1 is 0.860 bits per heavy atom. The highest BCUT2D eigenvalue weighted by atomic mass is 32.1. The number of benzene rings is 3. The van der Waals surface area contributed by atoms with Crippen LogP contribution >= 0.6 is 24.4 Å². The maximum atomic E-state index is 9.78. The van der Waals surface area contributed by atoms with Gasteiger partial charge in [0.2, 0.25) is 0 Å². The lowest BCUT2D eigenvalue weighted by atomic mass is 10.0. The third-order valence-corrected chi connectivity index (χ3v) is 11.5. The molecule has 9 heteroatoms. The van der Waals surface area contributed by atoms with Gasteiger partial charge in [-0.25, -0.2) is 0 Å². The lowest BCUT2D eigenvalue weighted by molar-refractivity contribution is 0.149. The first-order valence-electron chi connectivity index (χ1n) is 18.7. The molecule has 2 N–H and O–H groups in total. The zero-order chi connectivity index (χ0) is 35.0. The number of ether oxygens (including phenoxy) is 1. The molecule has 3 fully saturated rings. The number of nitrogens with zero attached hydrogens (tertiary/aromatic N) is 4. The predicted molar refractivity (Wildman–Crippen MR) is 212 cm³/mol. The summed E-state index contributed by atoms with van der Waals surface area (Å²) in [6.45, 7) is 13.2. The Labute approximate surface area is 310 Å². The summed E-state index contributed by atoms with van der Waals surface area (Å²) < 4.78 is 5.69. The van der Waals surface area contributed by atoms with E-state index in [1.54, 1.807) is 12.1 Å². The van der Waals surface area contributed by atoms with Gasteiger partial charge in [-0.05, 0) is 123 Å². The molecular weight excluding hydrogens is 659 g/mol. The van der Waals surface area contributed by atoms with Crippen molar-refractivity contribution in [2.24, 2.45) is 5.92 Å². The number of thiocarbonyl (C=S) groups is 2. The van der Waals surface area contributed by atoms with Gasteiger partial charge in [0.25, 0.3) is 0 Å². The zero-order valence-electron chi connectivity index (χ0n) is 30.0. The minimum atomic E-state index is 0.308. The van der Waals surface area contributed by atoms with Crippen LogP contribution in [0.5, 0.6) is 11.5 Å². The predicted octanol–water partition coefficient (Wildman–Crippen LogP) is 6.53. The number of phenols is 1. The van der Waals surface area contributed by atoms with Crippen LogP contribution in [0.3, 0.4) is 0 Å². The Kier molecular flexibility index (Phi) is 12.5. The van der Waals surface area contributed by atoms with Crippen LogP contribution in [0, 0.1) is 5.92 Å². The summed E-state index contributed by atoms with van der Waals surface area (Å²) in [7, 11) is 0. The Hall–Kier alpha value is -3.40. The Morgan fingerprint density at radius 3 is 2.28 bits per heavy atom. The number of hydrogen-bond acceptors (Lipinski definition) is 5. The van der Waals surface area contributed by atoms with Gasteiger partial charge in [-0.2, -0.15) is 0 Å². The summed E-state index contributed by atoms with van der Waals surface area (Å²) in [5.41, 5.74) is 3.90. The van der Waals surface area contributed by atoms with Gasteiger partial charge in [-0.3, -0.25) is 4.90 Å². The lowest BCUT2D eigenvalue weighted by Crippen LogP contribution is -2.51. The van der Waals surface area contributed by atoms with E-state index in [9.17, 15) is 5.11 Å². The normalized spacial score (nSPS) is 21.8. The first-order valence-corrected chi connectivity index (χ1v) is 19.5. The molecule has 268 valence electrons. The lowest BCUT2D eigenvalue weighted by Gasteiger charge is -2.38. The van der Waals surface area contributed by atoms with E-state index >= 15 is 0 Å². The summed E-state index contributed by atoms with van der Waals surface area (Å²) >= 11 is 12.3. The SMILES string of the molecule is CCOc1ccc(CCN2C(=S)N([C@@H](CC(C)C)CN3CCCC3CN3C(=S)NC[C@@H]3Cc3ccc(O)cc3)C[C@@H]2Cc2ccccc2)cc1. The molecule has 0 aliphatic carbocycles. The van der Waals surface area contributed by atoms with Crippen LogP contribution < -0.4 is 10.1 Å². The largest absolute Gasteiger partial charge is 0.508 e. The zero-order valence-corrected chi connectivity index (χ0v) is 31.7. The topological polar surface area (TPSA) is 54.5 Å². The average molecular weight is 714 g/mol. The van der Waals surface area contributed by atoms with Crippen molar-refractivity contribution in [3.8, 4) is 11.5 Å². The van der Waals surface area contributed by atoms with E-state index in [4.69, 9.17) is 29.2 Å². The van der Waals surface area contributed by atoms with Gasteiger partial charge >= 0.3 is 0 Å². The van der Waals surface area contributed by atoms with E-state index in [0.29, 0.717) is 42.4 Å². The summed E-state index contributed by atoms with van der Waals surface area (Å²) in [6, 6.07) is 28.5. The van der Waals surface area contributed by atoms with E-state index in [1.807, 2.05) is 19.1 Å². The molecule has 0 amide bonds. The van der Waals surface area contributed by atoms with Gasteiger partial charge in [0.15, 0.2) is 10.2 Å². The van der Waals surface area contributed by atoms with Crippen molar-refractivity contribution in [1.29, 1.82) is 0 Å². The number of likely N-dealkylation sites (tertiary alicyclic amines) is 1. The molecule has 4 atom stereocenters. The Morgan fingerprint density at radius 2 is 1.56 bits per heavy atom. The molecule has 3 heterocycles. The maximum absolute atomic E-state index is 9.78. The smallest absolute Gasteiger partial charge is 0.172 e. The van der Waals surface area contributed by atoms with Crippen molar-refractivity contribution in [2.75, 3.05) is 45.9 Å². The highest BCUT2D eigenvalue weighted by Gasteiger charge is 2.40. The third kappa shape index (κ3) is 9.28. The molecular formula is C41H55N5O2S2. The summed E-state index contributed by atoms with van der Waals surface area (Å²) in [4.78, 5) is 10.3. The minimum Gasteiger partial charge on any atom is -0.508 e. The van der Waals surface area contributed by atoms with Crippen molar-refractivity contribution >= 4 is 34.7 Å². The van der Waals surface area contributed by atoms with E-state index in [0.717, 1.165) is 80.9 Å². The summed E-state index contributed by atoms with van der Waals surface area (Å²) in [5, 5.41) is 15.1.